The number of rotatable bonds is 3. The first-order valence-electron chi connectivity index (χ1n) is 5.37. The van der Waals surface area contributed by atoms with E-state index in [9.17, 15) is 4.79 Å². The van der Waals surface area contributed by atoms with Gasteiger partial charge in [0.15, 0.2) is 0 Å². The molecule has 0 spiro atoms. The van der Waals surface area contributed by atoms with E-state index in [-0.39, 0.29) is 5.91 Å². The lowest BCUT2D eigenvalue weighted by molar-refractivity contribution is 0.103. The molecule has 7 heteroatoms. The number of carbonyl (C=O) groups is 1. The molecule has 1 amide bonds. The Labute approximate surface area is 118 Å². The molecule has 0 saturated heterocycles. The number of carbonyl (C=O) groups excluding carboxylic acids is 1. The zero-order valence-electron chi connectivity index (χ0n) is 9.98. The van der Waals surface area contributed by atoms with Crippen molar-refractivity contribution >= 4 is 40.2 Å². The molecule has 2 rings (SSSR count). The first kappa shape index (κ1) is 13.3. The third-order valence-corrected chi connectivity index (χ3v) is 3.79. The molecule has 0 fully saturated rings. The lowest BCUT2D eigenvalue weighted by Gasteiger charge is -2.05. The number of hydrogen-bond acceptors (Lipinski definition) is 4. The summed E-state index contributed by atoms with van der Waals surface area (Å²) in [6.07, 6.45) is 0. The average molecular weight is 294 g/mol. The number of halogens is 1. The molecule has 96 valence electrons. The van der Waals surface area contributed by atoms with Crippen LogP contribution in [0.25, 0.3) is 5.08 Å². The molecular formula is C12H10ClN4OS+. The molecule has 0 aliphatic heterocycles. The summed E-state index contributed by atoms with van der Waals surface area (Å²) in [5.41, 5.74) is 4.35. The van der Waals surface area contributed by atoms with Gasteiger partial charge in [0.05, 0.1) is 0 Å². The third kappa shape index (κ3) is 3.02. The van der Waals surface area contributed by atoms with Crippen LogP contribution in [0.4, 0.5) is 11.4 Å². The van der Waals surface area contributed by atoms with Crippen molar-refractivity contribution in [1.82, 2.24) is 0 Å². The van der Waals surface area contributed by atoms with Crippen molar-refractivity contribution < 1.29 is 4.79 Å². The van der Waals surface area contributed by atoms with Gasteiger partial charge in [0.1, 0.15) is 10.6 Å². The summed E-state index contributed by atoms with van der Waals surface area (Å²) in [7, 11) is 0. The molecular weight excluding hydrogens is 284 g/mol. The van der Waals surface area contributed by atoms with Crippen LogP contribution < -0.4 is 10.7 Å². The fourth-order valence-electron chi connectivity index (χ4n) is 1.49. The molecule has 0 aliphatic rings. The Morgan fingerprint density at radius 1 is 1.42 bits per heavy atom. The molecule has 1 aromatic heterocycles. The topological polar surface area (TPSA) is 69.3 Å². The highest BCUT2D eigenvalue weighted by molar-refractivity contribution is 7.12. The molecule has 1 aromatic carbocycles. The Balaban J connectivity index is 2.19. The van der Waals surface area contributed by atoms with Crippen molar-refractivity contribution in [3.63, 3.8) is 0 Å². The van der Waals surface area contributed by atoms with E-state index in [1.165, 1.54) is 11.3 Å². The average Bonchev–Trinajstić information content (AvgIpc) is 2.83. The van der Waals surface area contributed by atoms with Crippen molar-refractivity contribution in [2.75, 3.05) is 10.7 Å². The predicted molar refractivity (Wildman–Crippen MR) is 77.2 cm³/mol. The van der Waals surface area contributed by atoms with Crippen LogP contribution in [0.5, 0.6) is 0 Å². The van der Waals surface area contributed by atoms with Crippen LogP contribution in [0.15, 0.2) is 29.6 Å². The van der Waals surface area contributed by atoms with E-state index >= 15 is 0 Å². The summed E-state index contributed by atoms with van der Waals surface area (Å²) >= 11 is 7.24. The minimum absolute atomic E-state index is 0.291. The van der Waals surface area contributed by atoms with Gasteiger partial charge in [-0.05, 0) is 41.5 Å². The summed E-state index contributed by atoms with van der Waals surface area (Å²) in [6.45, 7) is 1.89. The Morgan fingerprint density at radius 3 is 2.89 bits per heavy atom. The number of nitrogens with one attached hydrogen (secondary N) is 2. The number of benzene rings is 1. The Bertz CT molecular complexity index is 662. The van der Waals surface area contributed by atoms with E-state index in [1.807, 2.05) is 13.0 Å². The van der Waals surface area contributed by atoms with E-state index in [1.54, 1.807) is 23.6 Å². The van der Waals surface area contributed by atoms with Gasteiger partial charge in [-0.25, -0.2) is 0 Å². The fraction of sp³-hybridized carbons (Fsp3) is 0.0833. The van der Waals surface area contributed by atoms with E-state index in [2.05, 4.69) is 15.8 Å². The summed E-state index contributed by atoms with van der Waals surface area (Å²) in [5, 5.41) is 16.3. The van der Waals surface area contributed by atoms with E-state index < -0.39 is 0 Å². The molecule has 0 radical (unpaired) electrons. The molecule has 0 saturated carbocycles. The number of anilines is 2. The highest BCUT2D eigenvalue weighted by Crippen LogP contribution is 2.25. The minimum atomic E-state index is -0.291. The number of amides is 1. The summed E-state index contributed by atoms with van der Waals surface area (Å²) in [6, 6.07) is 6.94. The van der Waals surface area contributed by atoms with Crippen molar-refractivity contribution in [1.29, 1.82) is 5.39 Å². The van der Waals surface area contributed by atoms with Gasteiger partial charge in [-0.3, -0.25) is 4.79 Å². The Morgan fingerprint density at radius 2 is 2.21 bits per heavy atom. The van der Waals surface area contributed by atoms with Gasteiger partial charge in [-0.2, -0.15) is 0 Å². The first-order chi connectivity index (χ1) is 9.11. The third-order valence-electron chi connectivity index (χ3n) is 2.47. The second kappa shape index (κ2) is 5.69. The second-order valence-corrected chi connectivity index (χ2v) is 5.12. The normalized spacial score (nSPS) is 9.74. The van der Waals surface area contributed by atoms with Gasteiger partial charge in [-0.15, -0.1) is 11.3 Å². The van der Waals surface area contributed by atoms with Crippen molar-refractivity contribution in [2.24, 2.45) is 0 Å². The van der Waals surface area contributed by atoms with Gasteiger partial charge in [0.2, 0.25) is 0 Å². The summed E-state index contributed by atoms with van der Waals surface area (Å²) in [5.74, 6) is -0.291. The van der Waals surface area contributed by atoms with Crippen LogP contribution in [0.3, 0.4) is 0 Å². The Hall–Kier alpha value is -2.10. The standard InChI is InChI=1S/C12H9ClN4OS/c1-7-2-3-8(6-9(7)13)15-12(18)11-10(16-17-14)4-5-19-11/h2-6H,1H3,(H-,15,16,18)/p+1. The Kier molecular flexibility index (Phi) is 4.00. The zero-order valence-corrected chi connectivity index (χ0v) is 11.5. The fourth-order valence-corrected chi connectivity index (χ4v) is 2.40. The number of aryl methyl sites for hydroxylation is 1. The largest absolute Gasteiger partial charge is 0.321 e. The van der Waals surface area contributed by atoms with E-state index in [0.29, 0.717) is 21.3 Å². The SMILES string of the molecule is Cc1ccc(NC(=O)c2sccc2N[N+]#N)cc1Cl. The quantitative estimate of drug-likeness (QED) is 0.660. The molecule has 0 aliphatic carbocycles. The number of nitrogens with zero attached hydrogens (tertiary/aromatic N) is 2. The number of hydrogen-bond donors (Lipinski definition) is 2. The lowest BCUT2D eigenvalue weighted by atomic mass is 10.2. The maximum absolute atomic E-state index is 12.1. The van der Waals surface area contributed by atoms with E-state index in [0.717, 1.165) is 5.56 Å². The molecule has 2 N–H and O–H groups in total. The molecule has 19 heavy (non-hydrogen) atoms. The smallest absolute Gasteiger partial charge is 0.308 e. The minimum Gasteiger partial charge on any atom is -0.321 e. The van der Waals surface area contributed by atoms with Gasteiger partial charge < -0.3 is 5.32 Å². The van der Waals surface area contributed by atoms with Crippen LogP contribution in [-0.4, -0.2) is 5.91 Å². The first-order valence-corrected chi connectivity index (χ1v) is 6.62. The van der Waals surface area contributed by atoms with Crippen LogP contribution in [0, 0.1) is 12.3 Å². The van der Waals surface area contributed by atoms with Crippen molar-refractivity contribution in [3.8, 4) is 0 Å². The number of thiophene rings is 1. The van der Waals surface area contributed by atoms with Gasteiger partial charge >= 0.3 is 5.08 Å². The molecule has 5 nitrogen and oxygen atoms in total. The van der Waals surface area contributed by atoms with E-state index in [4.69, 9.17) is 17.0 Å². The maximum atomic E-state index is 12.1. The molecule has 2 aromatic rings. The molecule has 0 atom stereocenters. The number of diazo groups is 1. The maximum Gasteiger partial charge on any atom is 0.308 e. The monoisotopic (exact) mass is 293 g/mol. The van der Waals surface area contributed by atoms with Crippen LogP contribution in [0.2, 0.25) is 5.02 Å². The van der Waals surface area contributed by atoms with Crippen LogP contribution >= 0.6 is 22.9 Å². The highest BCUT2D eigenvalue weighted by atomic mass is 35.5. The molecule has 0 unspecified atom stereocenters. The summed E-state index contributed by atoms with van der Waals surface area (Å²) < 4.78 is 0. The lowest BCUT2D eigenvalue weighted by Crippen LogP contribution is -2.11. The zero-order chi connectivity index (χ0) is 13.8. The molecule has 0 bridgehead atoms. The molecule has 1 heterocycles. The summed E-state index contributed by atoms with van der Waals surface area (Å²) in [4.78, 5) is 12.5. The van der Waals surface area contributed by atoms with Crippen molar-refractivity contribution in [2.45, 2.75) is 6.92 Å². The van der Waals surface area contributed by atoms with Gasteiger partial charge in [-0.1, -0.05) is 17.7 Å². The van der Waals surface area contributed by atoms with Gasteiger partial charge in [0, 0.05) is 10.7 Å². The highest BCUT2D eigenvalue weighted by Gasteiger charge is 2.16. The second-order valence-electron chi connectivity index (χ2n) is 3.79. The van der Waals surface area contributed by atoms with Crippen LogP contribution in [-0.2, 0) is 0 Å². The van der Waals surface area contributed by atoms with Crippen molar-refractivity contribution in [3.05, 3.63) is 50.2 Å². The predicted octanol–water partition coefficient (Wildman–Crippen LogP) is 4.14. The van der Waals surface area contributed by atoms with Crippen LogP contribution in [0.1, 0.15) is 15.2 Å². The van der Waals surface area contributed by atoms with Gasteiger partial charge in [0.25, 0.3) is 11.3 Å².